The highest BCUT2D eigenvalue weighted by Crippen LogP contribution is 2.18. The van der Waals surface area contributed by atoms with Gasteiger partial charge in [-0.2, -0.15) is 0 Å². The molecule has 0 radical (unpaired) electrons. The summed E-state index contributed by atoms with van der Waals surface area (Å²) in [6.07, 6.45) is 1.69. The number of likely N-dealkylation sites (tertiary alicyclic amines) is 1. The van der Waals surface area contributed by atoms with Gasteiger partial charge in [0.25, 0.3) is 0 Å². The van der Waals surface area contributed by atoms with Crippen molar-refractivity contribution in [3.8, 4) is 0 Å². The van der Waals surface area contributed by atoms with E-state index in [-0.39, 0.29) is 37.3 Å². The summed E-state index contributed by atoms with van der Waals surface area (Å²) in [7, 11) is 0. The van der Waals surface area contributed by atoms with E-state index in [0.29, 0.717) is 25.8 Å². The van der Waals surface area contributed by atoms with Crippen LogP contribution in [0.25, 0.3) is 0 Å². The third kappa shape index (κ3) is 7.50. The number of guanidine groups is 1. The van der Waals surface area contributed by atoms with Crippen molar-refractivity contribution in [3.63, 3.8) is 0 Å². The van der Waals surface area contributed by atoms with Crippen molar-refractivity contribution in [3.05, 3.63) is 0 Å². The molecule has 1 aliphatic rings. The number of aliphatic imine (C=N–C) groups is 1. The molecule has 0 aromatic rings. The molecule has 1 saturated heterocycles. The zero-order valence-corrected chi connectivity index (χ0v) is 17.5. The lowest BCUT2D eigenvalue weighted by molar-refractivity contribution is -0.144. The largest absolute Gasteiger partial charge is 0.480 e. The molecule has 1 rings (SSSR count). The molecule has 0 spiro atoms. The van der Waals surface area contributed by atoms with E-state index in [0.717, 1.165) is 0 Å². The molecule has 0 saturated carbocycles. The first kappa shape index (κ1) is 25.1. The van der Waals surface area contributed by atoms with E-state index in [1.807, 2.05) is 0 Å². The molecule has 0 aromatic carbocycles. The van der Waals surface area contributed by atoms with Crippen molar-refractivity contribution in [2.75, 3.05) is 19.6 Å². The Balaban J connectivity index is 2.89. The van der Waals surface area contributed by atoms with Gasteiger partial charge in [0.1, 0.15) is 18.1 Å². The maximum atomic E-state index is 12.8. The molecular formula is C18H33N7O5. The lowest BCUT2D eigenvalue weighted by Crippen LogP contribution is -2.56. The van der Waals surface area contributed by atoms with Gasteiger partial charge in [0.05, 0.1) is 6.54 Å². The Morgan fingerprint density at radius 3 is 2.40 bits per heavy atom. The van der Waals surface area contributed by atoms with Crippen molar-refractivity contribution in [2.45, 2.75) is 57.7 Å². The third-order valence-electron chi connectivity index (χ3n) is 4.86. The second kappa shape index (κ2) is 12.0. The normalized spacial score (nSPS) is 17.9. The third-order valence-corrected chi connectivity index (χ3v) is 4.86. The highest BCUT2D eigenvalue weighted by molar-refractivity contribution is 5.93. The molecule has 0 aromatic heterocycles. The van der Waals surface area contributed by atoms with Gasteiger partial charge in [-0.05, 0) is 31.6 Å². The molecule has 0 unspecified atom stereocenters. The lowest BCUT2D eigenvalue weighted by Gasteiger charge is -2.27. The smallest absolute Gasteiger partial charge is 0.326 e. The molecule has 12 heteroatoms. The molecule has 0 aliphatic carbocycles. The van der Waals surface area contributed by atoms with Gasteiger partial charge >= 0.3 is 5.97 Å². The average molecular weight is 428 g/mol. The second-order valence-corrected chi connectivity index (χ2v) is 7.53. The number of nitrogens with one attached hydrogen (secondary N) is 2. The molecule has 1 heterocycles. The van der Waals surface area contributed by atoms with Crippen LogP contribution in [0.15, 0.2) is 4.99 Å². The summed E-state index contributed by atoms with van der Waals surface area (Å²) in [6, 6.07) is -2.81. The van der Waals surface area contributed by atoms with Gasteiger partial charge in [0, 0.05) is 13.1 Å². The van der Waals surface area contributed by atoms with Crippen molar-refractivity contribution < 1.29 is 24.3 Å². The van der Waals surface area contributed by atoms with Gasteiger partial charge in [-0.25, -0.2) is 4.79 Å². The summed E-state index contributed by atoms with van der Waals surface area (Å²) in [6.45, 7) is 3.79. The molecular weight excluding hydrogens is 394 g/mol. The number of nitrogens with zero attached hydrogens (tertiary/aromatic N) is 2. The number of carboxylic acids is 1. The van der Waals surface area contributed by atoms with Gasteiger partial charge in [-0.15, -0.1) is 0 Å². The van der Waals surface area contributed by atoms with E-state index in [1.165, 1.54) is 4.90 Å². The van der Waals surface area contributed by atoms with E-state index in [4.69, 9.17) is 17.2 Å². The van der Waals surface area contributed by atoms with Gasteiger partial charge in [-0.1, -0.05) is 13.8 Å². The minimum Gasteiger partial charge on any atom is -0.480 e. The first-order chi connectivity index (χ1) is 14.1. The predicted octanol–water partition coefficient (Wildman–Crippen LogP) is -2.30. The minimum atomic E-state index is -1.17. The Morgan fingerprint density at radius 2 is 1.87 bits per heavy atom. The number of rotatable bonds is 11. The van der Waals surface area contributed by atoms with E-state index in [9.17, 15) is 24.3 Å². The molecule has 0 bridgehead atoms. The van der Waals surface area contributed by atoms with Crippen LogP contribution in [0.3, 0.4) is 0 Å². The Labute approximate surface area is 175 Å². The molecule has 1 aliphatic heterocycles. The number of carbonyl (C=O) groups excluding carboxylic acids is 3. The number of carbonyl (C=O) groups is 4. The highest BCUT2D eigenvalue weighted by Gasteiger charge is 2.36. The number of nitrogens with two attached hydrogens (primary N) is 3. The van der Waals surface area contributed by atoms with Crippen molar-refractivity contribution in [2.24, 2.45) is 28.1 Å². The molecule has 12 nitrogen and oxygen atoms in total. The Hall–Kier alpha value is -2.89. The van der Waals surface area contributed by atoms with Gasteiger partial charge in [-0.3, -0.25) is 19.4 Å². The fourth-order valence-corrected chi connectivity index (χ4v) is 3.26. The predicted molar refractivity (Wildman–Crippen MR) is 110 cm³/mol. The second-order valence-electron chi connectivity index (χ2n) is 7.53. The van der Waals surface area contributed by atoms with Crippen molar-refractivity contribution in [1.82, 2.24) is 15.5 Å². The van der Waals surface area contributed by atoms with Crippen LogP contribution in [0, 0.1) is 5.92 Å². The topological polar surface area (TPSA) is 206 Å². The van der Waals surface area contributed by atoms with Crippen molar-refractivity contribution in [1.29, 1.82) is 0 Å². The van der Waals surface area contributed by atoms with Crippen LogP contribution in [-0.2, 0) is 19.2 Å². The number of amides is 3. The summed E-state index contributed by atoms with van der Waals surface area (Å²) in [4.78, 5) is 54.1. The monoisotopic (exact) mass is 427 g/mol. The number of aliphatic carboxylic acids is 1. The molecule has 3 atom stereocenters. The lowest BCUT2D eigenvalue weighted by atomic mass is 10.0. The van der Waals surface area contributed by atoms with E-state index < -0.39 is 35.9 Å². The van der Waals surface area contributed by atoms with Gasteiger partial charge in [0.2, 0.25) is 17.7 Å². The standard InChI is InChI=1S/C18H33N7O5/c1-10(2)14(17(29)30)24-15(27)11(5-3-7-22-18(20)21)23-16(28)12-6-4-8-25(12)13(26)9-19/h10-12,14H,3-9,19H2,1-2H3,(H,23,28)(H,24,27)(H,29,30)(H4,20,21,22)/t11-,12-,14-/m0/s1. The number of hydrogen-bond acceptors (Lipinski definition) is 6. The van der Waals surface area contributed by atoms with E-state index >= 15 is 0 Å². The van der Waals surface area contributed by atoms with Crippen LogP contribution in [-0.4, -0.2) is 77.4 Å². The fraction of sp³-hybridized carbons (Fsp3) is 0.722. The van der Waals surface area contributed by atoms with Crippen LogP contribution in [0.5, 0.6) is 0 Å². The molecule has 170 valence electrons. The average Bonchev–Trinajstić information content (AvgIpc) is 3.16. The van der Waals surface area contributed by atoms with Crippen LogP contribution < -0.4 is 27.8 Å². The maximum Gasteiger partial charge on any atom is 0.326 e. The first-order valence-electron chi connectivity index (χ1n) is 9.97. The molecule has 1 fully saturated rings. The Bertz CT molecular complexity index is 663. The fourth-order valence-electron chi connectivity index (χ4n) is 3.26. The minimum absolute atomic E-state index is 0.0901. The summed E-state index contributed by atoms with van der Waals surface area (Å²) < 4.78 is 0. The summed E-state index contributed by atoms with van der Waals surface area (Å²) in [5.74, 6) is -3.05. The number of hydrogen-bond donors (Lipinski definition) is 6. The number of carboxylic acid groups (broad SMARTS) is 1. The summed E-state index contributed by atoms with van der Waals surface area (Å²) >= 11 is 0. The summed E-state index contributed by atoms with van der Waals surface area (Å²) in [5, 5.41) is 14.4. The van der Waals surface area contributed by atoms with E-state index in [1.54, 1.807) is 13.8 Å². The van der Waals surface area contributed by atoms with E-state index in [2.05, 4.69) is 15.6 Å². The highest BCUT2D eigenvalue weighted by atomic mass is 16.4. The van der Waals surface area contributed by atoms with Crippen molar-refractivity contribution >= 4 is 29.7 Å². The van der Waals surface area contributed by atoms with Crippen LogP contribution in [0.4, 0.5) is 0 Å². The molecule has 30 heavy (non-hydrogen) atoms. The quantitative estimate of drug-likeness (QED) is 0.120. The van der Waals surface area contributed by atoms with Gasteiger partial charge < -0.3 is 37.8 Å². The Morgan fingerprint density at radius 1 is 1.20 bits per heavy atom. The molecule has 9 N–H and O–H groups in total. The zero-order chi connectivity index (χ0) is 22.8. The Kier molecular flexibility index (Phi) is 10.0. The summed E-state index contributed by atoms with van der Waals surface area (Å²) in [5.41, 5.74) is 16.0. The van der Waals surface area contributed by atoms with Gasteiger partial charge in [0.15, 0.2) is 5.96 Å². The molecule has 3 amide bonds. The maximum absolute atomic E-state index is 12.8. The SMILES string of the molecule is CC(C)[C@H](NC(=O)[C@H](CCCN=C(N)N)NC(=O)[C@@H]1CCCN1C(=O)CN)C(=O)O. The van der Waals surface area contributed by atoms with Crippen LogP contribution in [0.2, 0.25) is 0 Å². The first-order valence-corrected chi connectivity index (χ1v) is 9.97. The van der Waals surface area contributed by atoms with Crippen LogP contribution in [0.1, 0.15) is 39.5 Å². The zero-order valence-electron chi connectivity index (χ0n) is 17.5. The van der Waals surface area contributed by atoms with Crippen LogP contribution >= 0.6 is 0 Å².